The van der Waals surface area contributed by atoms with Crippen LogP contribution in [0.15, 0.2) is 41.3 Å². The van der Waals surface area contributed by atoms with Gasteiger partial charge >= 0.3 is 0 Å². The van der Waals surface area contributed by atoms with Crippen molar-refractivity contribution in [3.8, 4) is 10.4 Å². The van der Waals surface area contributed by atoms with E-state index in [4.69, 9.17) is 0 Å². The van der Waals surface area contributed by atoms with Crippen LogP contribution in [0.1, 0.15) is 4.88 Å². The van der Waals surface area contributed by atoms with E-state index in [2.05, 4.69) is 36.4 Å². The molecule has 0 spiro atoms. The molecule has 0 aliphatic carbocycles. The van der Waals surface area contributed by atoms with Gasteiger partial charge in [-0.1, -0.05) is 30.3 Å². The van der Waals surface area contributed by atoms with Crippen LogP contribution in [0.5, 0.6) is 0 Å². The summed E-state index contributed by atoms with van der Waals surface area (Å²) in [6.07, 6.45) is 1.27. The lowest BCUT2D eigenvalue weighted by Gasteiger charge is -1.94. The van der Waals surface area contributed by atoms with E-state index in [9.17, 15) is 0 Å². The van der Waals surface area contributed by atoms with Gasteiger partial charge in [0.25, 0.3) is 0 Å². The average molecular weight is 274 g/mol. The van der Waals surface area contributed by atoms with E-state index in [0.717, 1.165) is 0 Å². The van der Waals surface area contributed by atoms with Crippen molar-refractivity contribution in [2.24, 2.45) is 0 Å². The van der Waals surface area contributed by atoms with Crippen LogP contribution in [0, 0.1) is 0 Å². The minimum atomic E-state index is 1.27. The Kier molecular flexibility index (Phi) is 2.32. The zero-order valence-electron chi connectivity index (χ0n) is 9.10. The van der Waals surface area contributed by atoms with Gasteiger partial charge in [-0.15, -0.1) is 34.4 Å². The van der Waals surface area contributed by atoms with Crippen LogP contribution in [0.3, 0.4) is 0 Å². The summed E-state index contributed by atoms with van der Waals surface area (Å²) in [6, 6.07) is 13.1. The fourth-order valence-electron chi connectivity index (χ4n) is 2.22. The molecule has 0 radical (unpaired) electrons. The van der Waals surface area contributed by atoms with Gasteiger partial charge in [0.1, 0.15) is 0 Å². The standard InChI is InChI=1S/C14H10S3/c1-2-4-9(5-3-1)11-8-12-14(17-11)13-10(16-12)6-7-15-13/h1-5,8H,6-7H2. The highest BCUT2D eigenvalue weighted by molar-refractivity contribution is 8.00. The fraction of sp³-hybridized carbons (Fsp3) is 0.143. The normalized spacial score (nSPS) is 14.4. The highest BCUT2D eigenvalue weighted by Crippen LogP contribution is 2.48. The first-order valence-corrected chi connectivity index (χ1v) is 8.27. The summed E-state index contributed by atoms with van der Waals surface area (Å²) in [7, 11) is 0. The van der Waals surface area contributed by atoms with Crippen molar-refractivity contribution < 1.29 is 0 Å². The Hall–Kier alpha value is -0.770. The van der Waals surface area contributed by atoms with Crippen molar-refractivity contribution in [3.63, 3.8) is 0 Å². The molecule has 3 aromatic rings. The molecule has 0 saturated heterocycles. The molecule has 3 heteroatoms. The maximum Gasteiger partial charge on any atom is 0.0596 e. The molecule has 0 N–H and O–H groups in total. The molecule has 2 aromatic heterocycles. The van der Waals surface area contributed by atoms with Crippen LogP contribution >= 0.6 is 34.4 Å². The molecule has 0 saturated carbocycles. The molecule has 0 fully saturated rings. The van der Waals surface area contributed by atoms with Crippen LogP contribution in [-0.2, 0) is 6.42 Å². The molecular formula is C14H10S3. The van der Waals surface area contributed by atoms with Crippen LogP contribution in [0.25, 0.3) is 19.8 Å². The van der Waals surface area contributed by atoms with Crippen LogP contribution < -0.4 is 0 Å². The number of thioether (sulfide) groups is 1. The Bertz CT molecular complexity index is 676. The molecule has 17 heavy (non-hydrogen) atoms. The van der Waals surface area contributed by atoms with Crippen LogP contribution in [0.2, 0.25) is 0 Å². The molecule has 1 aliphatic rings. The van der Waals surface area contributed by atoms with Crippen molar-refractivity contribution in [1.82, 2.24) is 0 Å². The zero-order valence-corrected chi connectivity index (χ0v) is 11.6. The molecular weight excluding hydrogens is 264 g/mol. The van der Waals surface area contributed by atoms with Crippen molar-refractivity contribution in [3.05, 3.63) is 41.3 Å². The molecule has 0 unspecified atom stereocenters. The zero-order chi connectivity index (χ0) is 11.2. The summed E-state index contributed by atoms with van der Waals surface area (Å²) in [5, 5.41) is 0. The van der Waals surface area contributed by atoms with E-state index in [0.29, 0.717) is 0 Å². The summed E-state index contributed by atoms with van der Waals surface area (Å²) in [5.74, 6) is 1.27. The maximum absolute atomic E-state index is 2.36. The largest absolute Gasteiger partial charge is 0.138 e. The third kappa shape index (κ3) is 1.57. The Morgan fingerprint density at radius 3 is 2.76 bits per heavy atom. The molecule has 0 atom stereocenters. The first-order chi connectivity index (χ1) is 8.42. The molecule has 0 bridgehead atoms. The van der Waals surface area contributed by atoms with Gasteiger partial charge in [-0.2, -0.15) is 0 Å². The number of rotatable bonds is 1. The van der Waals surface area contributed by atoms with Gasteiger partial charge in [0.05, 0.1) is 4.70 Å². The molecule has 84 valence electrons. The minimum Gasteiger partial charge on any atom is -0.138 e. The van der Waals surface area contributed by atoms with Gasteiger partial charge in [-0.3, -0.25) is 0 Å². The van der Waals surface area contributed by atoms with Gasteiger partial charge in [-0.05, 0) is 18.1 Å². The van der Waals surface area contributed by atoms with Gasteiger partial charge < -0.3 is 0 Å². The monoisotopic (exact) mass is 274 g/mol. The lowest BCUT2D eigenvalue weighted by molar-refractivity contribution is 1.21. The van der Waals surface area contributed by atoms with Gasteiger partial charge in [0.15, 0.2) is 0 Å². The lowest BCUT2D eigenvalue weighted by Crippen LogP contribution is -1.70. The van der Waals surface area contributed by atoms with E-state index in [1.54, 1.807) is 9.77 Å². The average Bonchev–Trinajstić information content (AvgIpc) is 3.00. The topological polar surface area (TPSA) is 0 Å². The quantitative estimate of drug-likeness (QED) is 0.582. The smallest absolute Gasteiger partial charge is 0.0596 e. The van der Waals surface area contributed by atoms with Crippen LogP contribution in [0.4, 0.5) is 0 Å². The molecule has 0 nitrogen and oxygen atoms in total. The molecule has 1 aromatic carbocycles. The van der Waals surface area contributed by atoms with E-state index >= 15 is 0 Å². The van der Waals surface area contributed by atoms with Gasteiger partial charge in [-0.25, -0.2) is 0 Å². The molecule has 1 aliphatic heterocycles. The van der Waals surface area contributed by atoms with E-state index in [1.165, 1.54) is 32.0 Å². The third-order valence-electron chi connectivity index (χ3n) is 3.02. The summed E-state index contributed by atoms with van der Waals surface area (Å²) in [4.78, 5) is 4.58. The van der Waals surface area contributed by atoms with E-state index < -0.39 is 0 Å². The molecule has 3 heterocycles. The Morgan fingerprint density at radius 2 is 1.88 bits per heavy atom. The van der Waals surface area contributed by atoms with Crippen molar-refractivity contribution in [1.29, 1.82) is 0 Å². The van der Waals surface area contributed by atoms with E-state index in [-0.39, 0.29) is 0 Å². The fourth-order valence-corrected chi connectivity index (χ4v) is 6.48. The Balaban J connectivity index is 1.91. The summed E-state index contributed by atoms with van der Waals surface area (Å²) in [5.41, 5.74) is 1.35. The Labute approximate surface area is 112 Å². The number of hydrogen-bond acceptors (Lipinski definition) is 3. The summed E-state index contributed by atoms with van der Waals surface area (Å²) >= 11 is 5.98. The first-order valence-electron chi connectivity index (χ1n) is 5.65. The second-order valence-electron chi connectivity index (χ2n) is 4.12. The predicted octanol–water partition coefficient (Wildman–Crippen LogP) is 5.28. The maximum atomic E-state index is 2.36. The van der Waals surface area contributed by atoms with Crippen molar-refractivity contribution in [2.45, 2.75) is 11.3 Å². The number of hydrogen-bond donors (Lipinski definition) is 0. The summed E-state index contributed by atoms with van der Waals surface area (Å²) in [6.45, 7) is 0. The van der Waals surface area contributed by atoms with Crippen molar-refractivity contribution >= 4 is 43.8 Å². The number of benzene rings is 1. The van der Waals surface area contributed by atoms with Gasteiger partial charge in [0.2, 0.25) is 0 Å². The minimum absolute atomic E-state index is 1.27. The number of aryl methyl sites for hydroxylation is 1. The second kappa shape index (κ2) is 3.87. The van der Waals surface area contributed by atoms with E-state index in [1.807, 2.05) is 34.4 Å². The van der Waals surface area contributed by atoms with Crippen LogP contribution in [-0.4, -0.2) is 5.75 Å². The third-order valence-corrected chi connectivity index (χ3v) is 6.96. The number of thiophene rings is 2. The SMILES string of the molecule is c1ccc(-c2cc3sc4c(c3s2)SCC4)cc1. The predicted molar refractivity (Wildman–Crippen MR) is 79.6 cm³/mol. The Morgan fingerprint density at radius 1 is 1.00 bits per heavy atom. The van der Waals surface area contributed by atoms with Gasteiger partial charge in [0, 0.05) is 25.1 Å². The highest BCUT2D eigenvalue weighted by Gasteiger charge is 2.20. The lowest BCUT2D eigenvalue weighted by atomic mass is 10.2. The molecule has 4 rings (SSSR count). The summed E-state index contributed by atoms with van der Waals surface area (Å²) < 4.78 is 3.00. The highest BCUT2D eigenvalue weighted by atomic mass is 32.2. The molecule has 0 amide bonds. The second-order valence-corrected chi connectivity index (χ2v) is 7.42. The van der Waals surface area contributed by atoms with Crippen molar-refractivity contribution in [2.75, 3.05) is 5.75 Å². The number of fused-ring (bicyclic) bond motifs is 3. The first kappa shape index (κ1) is 10.2.